The van der Waals surface area contributed by atoms with Gasteiger partial charge in [0.1, 0.15) is 11.4 Å². The molecule has 0 aliphatic heterocycles. The molecule has 0 unspecified atom stereocenters. The van der Waals surface area contributed by atoms with E-state index in [1.54, 1.807) is 6.20 Å². The van der Waals surface area contributed by atoms with Crippen LogP contribution in [-0.2, 0) is 11.2 Å². The number of nitrogens with zero attached hydrogens (tertiary/aromatic N) is 1. The number of carbonyl (C=O) groups is 1. The van der Waals surface area contributed by atoms with Gasteiger partial charge in [-0.05, 0) is 34.0 Å². The Morgan fingerprint density at radius 2 is 2.42 bits per heavy atom. The molecule has 0 saturated heterocycles. The summed E-state index contributed by atoms with van der Waals surface area (Å²) in [7, 11) is 0. The molecule has 0 fully saturated rings. The average Bonchev–Trinajstić information content (AvgIpc) is 2.07. The lowest BCUT2D eigenvalue weighted by molar-refractivity contribution is -0.107. The lowest BCUT2D eigenvalue weighted by atomic mass is 10.2. The van der Waals surface area contributed by atoms with Gasteiger partial charge in [0.2, 0.25) is 0 Å². The first-order valence-electron chi connectivity index (χ1n) is 3.47. The fraction of sp³-hybridized carbons (Fsp3) is 0.250. The molecule has 1 aromatic heterocycles. The number of carbonyl (C=O) groups excluding carboxylic acids is 1. The van der Waals surface area contributed by atoms with E-state index in [1.807, 2.05) is 6.07 Å². The maximum Gasteiger partial charge on any atom is 0.132 e. The molecule has 12 heavy (non-hydrogen) atoms. The van der Waals surface area contributed by atoms with Gasteiger partial charge in [-0.15, -0.1) is 0 Å². The van der Waals surface area contributed by atoms with Crippen molar-refractivity contribution in [3.63, 3.8) is 0 Å². The van der Waals surface area contributed by atoms with Crippen LogP contribution in [0.4, 0.5) is 0 Å². The van der Waals surface area contributed by atoms with E-state index < -0.39 is 0 Å². The van der Waals surface area contributed by atoms with Gasteiger partial charge in [-0.25, -0.2) is 4.98 Å². The largest absolute Gasteiger partial charge is 0.303 e. The van der Waals surface area contributed by atoms with E-state index in [1.165, 1.54) is 0 Å². The molecule has 0 aromatic carbocycles. The highest BCUT2D eigenvalue weighted by Gasteiger charge is 2.01. The van der Waals surface area contributed by atoms with E-state index >= 15 is 0 Å². The smallest absolute Gasteiger partial charge is 0.132 e. The van der Waals surface area contributed by atoms with Crippen molar-refractivity contribution in [2.45, 2.75) is 12.8 Å². The van der Waals surface area contributed by atoms with Crippen LogP contribution in [0.25, 0.3) is 0 Å². The van der Waals surface area contributed by atoms with Gasteiger partial charge in [-0.2, -0.15) is 0 Å². The Bertz CT molecular complexity index is 290. The first-order valence-corrected chi connectivity index (χ1v) is 4.64. The predicted molar refractivity (Wildman–Crippen MR) is 51.3 cm³/mol. The zero-order valence-corrected chi connectivity index (χ0v) is 8.60. The van der Waals surface area contributed by atoms with E-state index in [0.717, 1.165) is 16.3 Å². The van der Waals surface area contributed by atoms with Crippen LogP contribution < -0.4 is 0 Å². The second-order valence-electron chi connectivity index (χ2n) is 2.31. The minimum atomic E-state index is 0.472. The number of rotatable bonds is 3. The quantitative estimate of drug-likeness (QED) is 0.608. The molecule has 64 valence electrons. The fourth-order valence-electron chi connectivity index (χ4n) is 0.854. The lowest BCUT2D eigenvalue weighted by Gasteiger charge is -2.00. The van der Waals surface area contributed by atoms with Crippen molar-refractivity contribution >= 4 is 33.8 Å². The Labute approximate surface area is 84.1 Å². The van der Waals surface area contributed by atoms with Gasteiger partial charge in [0.15, 0.2) is 0 Å². The van der Waals surface area contributed by atoms with E-state index in [9.17, 15) is 4.79 Å². The van der Waals surface area contributed by atoms with E-state index in [4.69, 9.17) is 11.6 Å². The summed E-state index contributed by atoms with van der Waals surface area (Å²) in [5.74, 6) is 0. The number of pyridine rings is 1. The normalized spacial score (nSPS) is 9.83. The molecule has 0 radical (unpaired) electrons. The highest BCUT2D eigenvalue weighted by Crippen LogP contribution is 2.18. The summed E-state index contributed by atoms with van der Waals surface area (Å²) in [5, 5.41) is 0.472. The van der Waals surface area contributed by atoms with Crippen LogP contribution in [0.1, 0.15) is 12.0 Å². The minimum absolute atomic E-state index is 0.472. The van der Waals surface area contributed by atoms with Gasteiger partial charge in [-0.3, -0.25) is 0 Å². The van der Waals surface area contributed by atoms with Crippen LogP contribution in [0, 0.1) is 0 Å². The molecule has 0 bridgehead atoms. The van der Waals surface area contributed by atoms with Crippen molar-refractivity contribution in [1.82, 2.24) is 4.98 Å². The SMILES string of the molecule is O=CCCc1cc(Br)cnc1Cl. The first-order chi connectivity index (χ1) is 5.74. The van der Waals surface area contributed by atoms with Crippen LogP contribution >= 0.6 is 27.5 Å². The van der Waals surface area contributed by atoms with Crippen LogP contribution in [-0.4, -0.2) is 11.3 Å². The van der Waals surface area contributed by atoms with Crippen molar-refractivity contribution in [3.05, 3.63) is 27.5 Å². The van der Waals surface area contributed by atoms with Gasteiger partial charge in [-0.1, -0.05) is 11.6 Å². The second-order valence-corrected chi connectivity index (χ2v) is 3.58. The van der Waals surface area contributed by atoms with E-state index in [-0.39, 0.29) is 0 Å². The maximum absolute atomic E-state index is 10.1. The third kappa shape index (κ3) is 2.57. The molecule has 0 aliphatic carbocycles. The Morgan fingerprint density at radius 3 is 3.08 bits per heavy atom. The van der Waals surface area contributed by atoms with Crippen LogP contribution in [0.15, 0.2) is 16.7 Å². The Kier molecular flexibility index (Phi) is 3.69. The first kappa shape index (κ1) is 9.68. The molecule has 0 N–H and O–H groups in total. The number of hydrogen-bond acceptors (Lipinski definition) is 2. The van der Waals surface area contributed by atoms with Gasteiger partial charge in [0, 0.05) is 17.1 Å². The van der Waals surface area contributed by atoms with Gasteiger partial charge in [0.25, 0.3) is 0 Å². The second kappa shape index (κ2) is 4.58. The number of halogens is 2. The van der Waals surface area contributed by atoms with Gasteiger partial charge in [0.05, 0.1) is 0 Å². The predicted octanol–water partition coefficient (Wildman–Crippen LogP) is 2.63. The monoisotopic (exact) mass is 247 g/mol. The summed E-state index contributed by atoms with van der Waals surface area (Å²) in [6, 6.07) is 1.87. The molecule has 0 aliphatic rings. The molecule has 1 rings (SSSR count). The number of aryl methyl sites for hydroxylation is 1. The Hall–Kier alpha value is -0.410. The van der Waals surface area contributed by atoms with Crippen molar-refractivity contribution in [2.24, 2.45) is 0 Å². The topological polar surface area (TPSA) is 30.0 Å². The summed E-state index contributed by atoms with van der Waals surface area (Å²) < 4.78 is 0.882. The zero-order chi connectivity index (χ0) is 8.97. The summed E-state index contributed by atoms with van der Waals surface area (Å²) >= 11 is 9.06. The summed E-state index contributed by atoms with van der Waals surface area (Å²) in [5.41, 5.74) is 0.901. The molecule has 1 aromatic rings. The molecule has 1 heterocycles. The third-order valence-corrected chi connectivity index (χ3v) is 2.18. The lowest BCUT2D eigenvalue weighted by Crippen LogP contribution is -1.90. The summed E-state index contributed by atoms with van der Waals surface area (Å²) in [6.07, 6.45) is 3.64. The molecular formula is C8H7BrClNO. The molecule has 4 heteroatoms. The van der Waals surface area contributed by atoms with Crippen molar-refractivity contribution < 1.29 is 4.79 Å². The van der Waals surface area contributed by atoms with Crippen molar-refractivity contribution in [1.29, 1.82) is 0 Å². The third-order valence-electron chi connectivity index (χ3n) is 1.41. The molecule has 0 atom stereocenters. The maximum atomic E-state index is 10.1. The standard InChI is InChI=1S/C8H7BrClNO/c9-7-4-6(2-1-3-12)8(10)11-5-7/h3-5H,1-2H2. The van der Waals surface area contributed by atoms with Gasteiger partial charge >= 0.3 is 0 Å². The minimum Gasteiger partial charge on any atom is -0.303 e. The van der Waals surface area contributed by atoms with E-state index in [0.29, 0.717) is 18.0 Å². The summed E-state index contributed by atoms with van der Waals surface area (Å²) in [6.45, 7) is 0. The Morgan fingerprint density at radius 1 is 1.67 bits per heavy atom. The summed E-state index contributed by atoms with van der Waals surface area (Å²) in [4.78, 5) is 14.0. The molecule has 0 spiro atoms. The molecular weight excluding hydrogens is 241 g/mol. The zero-order valence-electron chi connectivity index (χ0n) is 6.26. The van der Waals surface area contributed by atoms with Gasteiger partial charge < -0.3 is 4.79 Å². The van der Waals surface area contributed by atoms with E-state index in [2.05, 4.69) is 20.9 Å². The molecule has 2 nitrogen and oxygen atoms in total. The number of hydrogen-bond donors (Lipinski definition) is 0. The van der Waals surface area contributed by atoms with Crippen LogP contribution in [0.3, 0.4) is 0 Å². The average molecular weight is 249 g/mol. The fourth-order valence-corrected chi connectivity index (χ4v) is 1.43. The highest BCUT2D eigenvalue weighted by atomic mass is 79.9. The highest BCUT2D eigenvalue weighted by molar-refractivity contribution is 9.10. The molecule has 0 saturated carbocycles. The van der Waals surface area contributed by atoms with Crippen LogP contribution in [0.5, 0.6) is 0 Å². The van der Waals surface area contributed by atoms with Crippen molar-refractivity contribution in [3.8, 4) is 0 Å². The molecule has 0 amide bonds. The number of aldehydes is 1. The van der Waals surface area contributed by atoms with Crippen LogP contribution in [0.2, 0.25) is 5.15 Å². The number of aromatic nitrogens is 1. The Balaban J connectivity index is 2.82. The van der Waals surface area contributed by atoms with Crippen molar-refractivity contribution in [2.75, 3.05) is 0 Å².